The third-order valence-corrected chi connectivity index (χ3v) is 6.35. The smallest absolute Gasteiger partial charge is 0.267 e. The third kappa shape index (κ3) is 4.01. The van der Waals surface area contributed by atoms with Crippen LogP contribution in [0.25, 0.3) is 16.7 Å². The Morgan fingerprint density at radius 2 is 2.00 bits per heavy atom. The second-order valence-corrected chi connectivity index (χ2v) is 8.86. The van der Waals surface area contributed by atoms with Crippen LogP contribution in [0, 0.1) is 19.3 Å². The van der Waals surface area contributed by atoms with Gasteiger partial charge in [-0.05, 0) is 49.9 Å². The fourth-order valence-electron chi connectivity index (χ4n) is 4.41. The Morgan fingerprint density at radius 1 is 1.21 bits per heavy atom. The van der Waals surface area contributed by atoms with Gasteiger partial charge in [0.2, 0.25) is 0 Å². The molecule has 1 aliphatic heterocycles. The molecule has 4 aromatic rings. The Balaban J connectivity index is 1.68. The Kier molecular flexibility index (Phi) is 5.75. The number of aryl methyl sites for hydroxylation is 2. The summed E-state index contributed by atoms with van der Waals surface area (Å²) in [5, 5.41) is 12.1. The van der Waals surface area contributed by atoms with Crippen molar-refractivity contribution in [3.05, 3.63) is 86.8 Å². The van der Waals surface area contributed by atoms with Gasteiger partial charge in [-0.15, -0.1) is 0 Å². The van der Waals surface area contributed by atoms with E-state index in [1.807, 2.05) is 44.2 Å². The highest BCUT2D eigenvalue weighted by Crippen LogP contribution is 2.15. The number of carbonyl (C=O) groups is 1. The van der Waals surface area contributed by atoms with Crippen molar-refractivity contribution in [3.63, 3.8) is 0 Å². The molecule has 0 aliphatic carbocycles. The van der Waals surface area contributed by atoms with Gasteiger partial charge in [-0.2, -0.15) is 0 Å². The Hall–Kier alpha value is -3.78. The Morgan fingerprint density at radius 3 is 2.74 bits per heavy atom. The van der Waals surface area contributed by atoms with Crippen LogP contribution in [0.15, 0.2) is 53.5 Å². The van der Waals surface area contributed by atoms with E-state index < -0.39 is 5.91 Å². The average molecular weight is 458 g/mol. The summed E-state index contributed by atoms with van der Waals surface area (Å²) < 4.78 is 8.74. The van der Waals surface area contributed by atoms with Crippen LogP contribution in [0.1, 0.15) is 39.9 Å². The zero-order valence-corrected chi connectivity index (χ0v) is 19.3. The second kappa shape index (κ2) is 8.87. The van der Waals surface area contributed by atoms with Gasteiger partial charge in [-0.25, -0.2) is 4.98 Å². The molecule has 2 N–H and O–H groups in total. The van der Waals surface area contributed by atoms with E-state index in [1.165, 1.54) is 10.5 Å². The van der Waals surface area contributed by atoms with Crippen LogP contribution >= 0.6 is 0 Å². The fraction of sp³-hybridized carbons (Fsp3) is 0.308. The van der Waals surface area contributed by atoms with Gasteiger partial charge in [-0.3, -0.25) is 19.4 Å². The lowest BCUT2D eigenvalue weighted by Gasteiger charge is -2.16. The number of hydrogen-bond acceptors (Lipinski definition) is 5. The number of rotatable bonds is 5. The van der Waals surface area contributed by atoms with Crippen LogP contribution in [0.5, 0.6) is 0 Å². The Bertz CT molecular complexity index is 1510. The van der Waals surface area contributed by atoms with Crippen LogP contribution in [0.2, 0.25) is 0 Å². The van der Waals surface area contributed by atoms with Gasteiger partial charge in [0.1, 0.15) is 16.8 Å². The summed E-state index contributed by atoms with van der Waals surface area (Å²) in [5.74, 6) is -0.395. The van der Waals surface area contributed by atoms with Crippen molar-refractivity contribution in [2.45, 2.75) is 39.3 Å². The van der Waals surface area contributed by atoms with Gasteiger partial charge in [0.25, 0.3) is 11.5 Å². The van der Waals surface area contributed by atoms with Crippen LogP contribution in [-0.2, 0) is 11.3 Å². The number of amides is 1. The van der Waals surface area contributed by atoms with Crippen molar-refractivity contribution < 1.29 is 9.53 Å². The van der Waals surface area contributed by atoms with E-state index in [0.717, 1.165) is 29.5 Å². The van der Waals surface area contributed by atoms with Crippen molar-refractivity contribution in [2.75, 3.05) is 13.2 Å². The summed E-state index contributed by atoms with van der Waals surface area (Å²) in [6.07, 6.45) is 3.53. The van der Waals surface area contributed by atoms with Gasteiger partial charge in [-0.1, -0.05) is 35.9 Å². The average Bonchev–Trinajstić information content (AvgIpc) is 3.35. The molecule has 0 bridgehead atoms. The van der Waals surface area contributed by atoms with Crippen LogP contribution in [-0.4, -0.2) is 39.1 Å². The number of hydrogen-bond donors (Lipinski definition) is 2. The van der Waals surface area contributed by atoms with E-state index in [0.29, 0.717) is 36.4 Å². The Labute approximate surface area is 196 Å². The summed E-state index contributed by atoms with van der Waals surface area (Å²) in [5.41, 5.74) is 3.75. The first kappa shape index (κ1) is 22.0. The predicted molar refractivity (Wildman–Crippen MR) is 129 cm³/mol. The quantitative estimate of drug-likeness (QED) is 0.450. The highest BCUT2D eigenvalue weighted by atomic mass is 16.5. The number of ether oxygens (including phenoxy) is 1. The number of aromatic nitrogens is 3. The number of carbonyl (C=O) groups excluding carboxylic acids is 1. The fourth-order valence-corrected chi connectivity index (χ4v) is 4.41. The molecule has 1 fully saturated rings. The molecule has 1 saturated heterocycles. The minimum absolute atomic E-state index is 0.0162. The molecule has 1 aliphatic rings. The second-order valence-electron chi connectivity index (χ2n) is 8.86. The number of fused-ring (bicyclic) bond motifs is 2. The van der Waals surface area contributed by atoms with Crippen molar-refractivity contribution in [1.82, 2.24) is 19.3 Å². The summed E-state index contributed by atoms with van der Waals surface area (Å²) in [4.78, 5) is 31.3. The first-order chi connectivity index (χ1) is 16.4. The first-order valence-corrected chi connectivity index (χ1v) is 11.5. The number of benzene rings is 1. The standard InChI is InChI=1S/C26H27N5O3/c1-16-7-9-18(10-8-16)15-31-22(27)20(25(32)28-14-19-6-4-12-34-19)13-21-24(31)29-23-17(2)5-3-11-30(23)26(21)33/h3,5,7-11,13,19,27H,4,6,12,14-15H2,1-2H3,(H,28,32)/t19-/m1/s1. The highest BCUT2D eigenvalue weighted by Gasteiger charge is 2.20. The highest BCUT2D eigenvalue weighted by molar-refractivity contribution is 5.96. The molecular weight excluding hydrogens is 430 g/mol. The molecule has 34 heavy (non-hydrogen) atoms. The molecule has 5 rings (SSSR count). The molecule has 1 amide bonds. The lowest BCUT2D eigenvalue weighted by atomic mass is 10.1. The molecule has 0 radical (unpaired) electrons. The van der Waals surface area contributed by atoms with Crippen molar-refractivity contribution in [1.29, 1.82) is 5.41 Å². The molecule has 0 unspecified atom stereocenters. The van der Waals surface area contributed by atoms with Crippen molar-refractivity contribution >= 4 is 22.6 Å². The molecule has 3 aromatic heterocycles. The first-order valence-electron chi connectivity index (χ1n) is 11.5. The molecule has 0 saturated carbocycles. The SMILES string of the molecule is Cc1ccc(Cn2c(=N)c(C(=O)NC[C@H]3CCCO3)cc3c(=O)n4cccc(C)c4nc32)cc1. The van der Waals surface area contributed by atoms with E-state index in [9.17, 15) is 9.59 Å². The molecule has 4 heterocycles. The zero-order chi connectivity index (χ0) is 23.8. The molecule has 1 atom stereocenters. The number of pyridine rings is 2. The lowest BCUT2D eigenvalue weighted by molar-refractivity contribution is 0.0856. The summed E-state index contributed by atoms with van der Waals surface area (Å²) >= 11 is 0. The van der Waals surface area contributed by atoms with Crippen LogP contribution < -0.4 is 16.4 Å². The van der Waals surface area contributed by atoms with Crippen molar-refractivity contribution in [3.8, 4) is 0 Å². The maximum atomic E-state index is 13.4. The molecule has 174 valence electrons. The van der Waals surface area contributed by atoms with E-state index >= 15 is 0 Å². The molecule has 1 aromatic carbocycles. The molecular formula is C26H27N5O3. The number of nitrogens with one attached hydrogen (secondary N) is 2. The zero-order valence-electron chi connectivity index (χ0n) is 19.3. The maximum Gasteiger partial charge on any atom is 0.267 e. The van der Waals surface area contributed by atoms with E-state index in [2.05, 4.69) is 5.32 Å². The predicted octanol–water partition coefficient (Wildman–Crippen LogP) is 2.70. The summed E-state index contributed by atoms with van der Waals surface area (Å²) in [6, 6.07) is 13.2. The van der Waals surface area contributed by atoms with Crippen LogP contribution in [0.4, 0.5) is 0 Å². The number of nitrogens with zero attached hydrogens (tertiary/aromatic N) is 3. The van der Waals surface area contributed by atoms with E-state index in [4.69, 9.17) is 15.1 Å². The maximum absolute atomic E-state index is 13.4. The monoisotopic (exact) mass is 457 g/mol. The summed E-state index contributed by atoms with van der Waals surface area (Å²) in [6.45, 7) is 5.30. The third-order valence-electron chi connectivity index (χ3n) is 6.35. The normalized spacial score (nSPS) is 15.8. The van der Waals surface area contributed by atoms with Crippen molar-refractivity contribution in [2.24, 2.45) is 0 Å². The molecule has 0 spiro atoms. The largest absolute Gasteiger partial charge is 0.376 e. The van der Waals surface area contributed by atoms with E-state index in [-0.39, 0.29) is 22.7 Å². The van der Waals surface area contributed by atoms with Gasteiger partial charge in [0.15, 0.2) is 0 Å². The van der Waals surface area contributed by atoms with Gasteiger partial charge in [0, 0.05) is 19.3 Å². The topological polar surface area (TPSA) is 101 Å². The molecule has 8 nitrogen and oxygen atoms in total. The van der Waals surface area contributed by atoms with Gasteiger partial charge >= 0.3 is 0 Å². The van der Waals surface area contributed by atoms with Crippen LogP contribution in [0.3, 0.4) is 0 Å². The molecule has 8 heteroatoms. The van der Waals surface area contributed by atoms with Gasteiger partial charge in [0.05, 0.1) is 23.6 Å². The minimum atomic E-state index is -0.395. The van der Waals surface area contributed by atoms with E-state index in [1.54, 1.807) is 16.8 Å². The van der Waals surface area contributed by atoms with Gasteiger partial charge < -0.3 is 14.6 Å². The summed E-state index contributed by atoms with van der Waals surface area (Å²) in [7, 11) is 0. The lowest BCUT2D eigenvalue weighted by Crippen LogP contribution is -2.38. The minimum Gasteiger partial charge on any atom is -0.376 e.